The van der Waals surface area contributed by atoms with E-state index in [9.17, 15) is 0 Å². The van der Waals surface area contributed by atoms with Crippen LogP contribution in [0.5, 0.6) is 0 Å². The van der Waals surface area contributed by atoms with E-state index in [0.29, 0.717) is 22.4 Å². The summed E-state index contributed by atoms with van der Waals surface area (Å²) in [6.07, 6.45) is 27.6. The summed E-state index contributed by atoms with van der Waals surface area (Å²) < 4.78 is 0. The van der Waals surface area contributed by atoms with E-state index in [2.05, 4.69) is 92.7 Å². The zero-order chi connectivity index (χ0) is 35.9. The van der Waals surface area contributed by atoms with Gasteiger partial charge in [-0.25, -0.2) is 0 Å². The summed E-state index contributed by atoms with van der Waals surface area (Å²) >= 11 is 0. The number of rotatable bonds is 9. The van der Waals surface area contributed by atoms with Gasteiger partial charge in [0.25, 0.3) is 0 Å². The number of piperidine rings is 2. The van der Waals surface area contributed by atoms with Crippen LogP contribution >= 0.6 is 17.2 Å². The molecular weight excluding hydrogens is 691 g/mol. The van der Waals surface area contributed by atoms with E-state index in [4.69, 9.17) is 0 Å². The average Bonchev–Trinajstić information content (AvgIpc) is 3.19. The Bertz CT molecular complexity index is 1670. The number of hydrogen-bond acceptors (Lipinski definition) is 2. The smallest absolute Gasteiger partial charge is 0.0286 e. The molecule has 3 aromatic carbocycles. The molecule has 2 saturated heterocycles. The minimum Gasteiger partial charge on any atom is -0.310 e. The molecule has 0 radical (unpaired) electrons. The molecule has 10 fully saturated rings. The van der Waals surface area contributed by atoms with Crippen molar-refractivity contribution in [1.29, 1.82) is 0 Å². The van der Waals surface area contributed by atoms with Gasteiger partial charge in [-0.2, -0.15) is 0 Å². The normalized spacial score (nSPS) is 39.7. The fourth-order valence-electron chi connectivity index (χ4n) is 16.0. The van der Waals surface area contributed by atoms with Gasteiger partial charge in [0, 0.05) is 16.7 Å². The van der Waals surface area contributed by atoms with Crippen molar-refractivity contribution in [2.45, 2.75) is 138 Å². The van der Waals surface area contributed by atoms with Crippen molar-refractivity contribution in [3.63, 3.8) is 0 Å². The molecule has 0 aromatic heterocycles. The van der Waals surface area contributed by atoms with E-state index < -0.39 is 0 Å². The summed E-state index contributed by atoms with van der Waals surface area (Å²) in [7, 11) is 3.72. The molecule has 8 saturated carbocycles. The molecule has 3 aromatic rings. The Morgan fingerprint density at radius 3 is 1.35 bits per heavy atom. The Kier molecular flexibility index (Phi) is 9.27. The van der Waals surface area contributed by atoms with E-state index in [1.807, 2.05) is 5.56 Å². The van der Waals surface area contributed by atoms with Gasteiger partial charge in [0.05, 0.1) is 0 Å². The Morgan fingerprint density at radius 2 is 0.963 bits per heavy atom. The molecule has 3 atom stereocenters. The van der Waals surface area contributed by atoms with Crippen molar-refractivity contribution in [3.8, 4) is 22.3 Å². The largest absolute Gasteiger partial charge is 0.310 e. The molecule has 2 N–H and O–H groups in total. The predicted octanol–water partition coefficient (Wildman–Crippen LogP) is 12.7. The number of benzene rings is 3. The fraction of sp³-hybridized carbons (Fsp3) is 0.640. The van der Waals surface area contributed by atoms with E-state index in [1.54, 1.807) is 5.56 Å². The number of hydrogen-bond donors (Lipinski definition) is 2. The van der Waals surface area contributed by atoms with Crippen LogP contribution in [0.4, 0.5) is 0 Å². The van der Waals surface area contributed by atoms with Crippen LogP contribution in [0.25, 0.3) is 22.3 Å². The van der Waals surface area contributed by atoms with Crippen LogP contribution in [0.15, 0.2) is 72.8 Å². The van der Waals surface area contributed by atoms with Gasteiger partial charge in [0.1, 0.15) is 0 Å². The molecule has 0 amide bonds. The molecule has 2 heterocycles. The fourth-order valence-corrected chi connectivity index (χ4v) is 20.3. The van der Waals surface area contributed by atoms with Gasteiger partial charge in [-0.1, -0.05) is 81.4 Å². The number of nitrogens with one attached hydrogen (secondary N) is 2. The summed E-state index contributed by atoms with van der Waals surface area (Å²) in [5, 5.41) is 8.48. The molecule has 3 unspecified atom stereocenters. The quantitative estimate of drug-likeness (QED) is 0.213. The first kappa shape index (κ1) is 35.6. The Balaban J connectivity index is 1.16. The third-order valence-electron chi connectivity index (χ3n) is 17.3. The Morgan fingerprint density at radius 1 is 0.556 bits per heavy atom. The molecule has 2 nitrogen and oxygen atoms in total. The molecule has 54 heavy (non-hydrogen) atoms. The van der Waals surface area contributed by atoms with Crippen LogP contribution in [0.1, 0.15) is 127 Å². The zero-order valence-corrected chi connectivity index (χ0v) is 35.0. The van der Waals surface area contributed by atoms with Crippen molar-refractivity contribution in [2.24, 2.45) is 46.3 Å². The van der Waals surface area contributed by atoms with Gasteiger partial charge < -0.3 is 10.6 Å². The molecule has 286 valence electrons. The maximum Gasteiger partial charge on any atom is 0.0286 e. The van der Waals surface area contributed by atoms with E-state index >= 15 is 0 Å². The molecule has 2 aliphatic heterocycles. The molecule has 4 heteroatoms. The van der Waals surface area contributed by atoms with Gasteiger partial charge in [-0.3, -0.25) is 0 Å². The highest BCUT2D eigenvalue weighted by molar-refractivity contribution is 7.58. The van der Waals surface area contributed by atoms with Crippen molar-refractivity contribution >= 4 is 17.2 Å². The lowest BCUT2D eigenvalue weighted by Crippen LogP contribution is -2.64. The summed E-state index contributed by atoms with van der Waals surface area (Å²) in [6.45, 7) is 2.42. The third-order valence-corrected chi connectivity index (χ3v) is 22.0. The second-order valence-electron chi connectivity index (χ2n) is 20.6. The minimum atomic E-state index is -0.280. The van der Waals surface area contributed by atoms with E-state index in [0.717, 1.165) is 35.5 Å². The van der Waals surface area contributed by atoms with Gasteiger partial charge in [-0.15, -0.1) is 9.24 Å². The van der Waals surface area contributed by atoms with Crippen LogP contribution in [-0.2, 0) is 11.3 Å². The first-order chi connectivity index (χ1) is 26.5. The second kappa shape index (κ2) is 14.1. The highest BCUT2D eigenvalue weighted by Crippen LogP contribution is 2.79. The minimum absolute atomic E-state index is 0.126. The van der Waals surface area contributed by atoms with Crippen molar-refractivity contribution in [3.05, 3.63) is 83.9 Å². The van der Waals surface area contributed by atoms with Gasteiger partial charge in [0.15, 0.2) is 0 Å². The van der Waals surface area contributed by atoms with Crippen LogP contribution in [-0.4, -0.2) is 24.7 Å². The monoisotopic (exact) mass is 756 g/mol. The SMILES string of the molecule is PC(c1cc(-c2ccccc2)c(-c2ccccc2)cc1CP(C1CCCCN1)C1CCCCN1)(C12CC3CC(CC(C3)C1)C2)C12CC3CC(CC(C3)C1)C2. The Labute approximate surface area is 330 Å². The topological polar surface area (TPSA) is 24.1 Å². The van der Waals surface area contributed by atoms with Crippen LogP contribution in [0, 0.1) is 46.3 Å². The lowest BCUT2D eigenvalue weighted by Gasteiger charge is -2.72. The molecular formula is C50H66N2P2. The Hall–Kier alpha value is -1.56. The van der Waals surface area contributed by atoms with Gasteiger partial charge >= 0.3 is 0 Å². The van der Waals surface area contributed by atoms with E-state index in [-0.39, 0.29) is 13.1 Å². The van der Waals surface area contributed by atoms with Crippen LogP contribution < -0.4 is 10.6 Å². The van der Waals surface area contributed by atoms with Crippen LogP contribution in [0.3, 0.4) is 0 Å². The molecule has 13 rings (SSSR count). The van der Waals surface area contributed by atoms with Gasteiger partial charge in [0.2, 0.25) is 0 Å². The first-order valence-electron chi connectivity index (χ1n) is 22.8. The first-order valence-corrected chi connectivity index (χ1v) is 25.0. The third kappa shape index (κ3) is 5.91. The summed E-state index contributed by atoms with van der Waals surface area (Å²) in [6, 6.07) is 28.9. The molecule has 10 aliphatic rings. The van der Waals surface area contributed by atoms with Crippen molar-refractivity contribution in [2.75, 3.05) is 13.1 Å². The predicted molar refractivity (Wildman–Crippen MR) is 232 cm³/mol. The maximum atomic E-state index is 4.18. The average molecular weight is 757 g/mol. The van der Waals surface area contributed by atoms with Crippen LogP contribution in [0.2, 0.25) is 0 Å². The zero-order valence-electron chi connectivity index (χ0n) is 32.9. The van der Waals surface area contributed by atoms with Crippen molar-refractivity contribution < 1.29 is 0 Å². The molecule has 8 aliphatic carbocycles. The van der Waals surface area contributed by atoms with E-state index in [1.165, 1.54) is 157 Å². The summed E-state index contributed by atoms with van der Waals surface area (Å²) in [5.41, 5.74) is 10.1. The summed E-state index contributed by atoms with van der Waals surface area (Å²) in [4.78, 5) is 0. The lowest BCUT2D eigenvalue weighted by molar-refractivity contribution is -0.158. The lowest BCUT2D eigenvalue weighted by atomic mass is 9.37. The molecule has 8 bridgehead atoms. The standard InChI is InChI=1S/C50H66N2P2/c53-50(48-27-34-19-35(28-48)21-36(20-34)29-48,49-30-37-22-38(31-49)24-39(23-37)32-49)45-26-44(41-13-5-2-6-14-41)43(40-11-3-1-4-12-40)25-42(45)33-54(46-15-7-9-17-51-46)47-16-8-10-18-52-47/h1-6,11-14,25-26,34-39,46-47,51-52H,7-10,15-24,27-33,53H2. The maximum absolute atomic E-state index is 4.18. The van der Waals surface area contributed by atoms with Gasteiger partial charge in [-0.05, 0) is 214 Å². The van der Waals surface area contributed by atoms with Crippen molar-refractivity contribution in [1.82, 2.24) is 10.6 Å². The molecule has 0 spiro atoms. The summed E-state index contributed by atoms with van der Waals surface area (Å²) in [5.74, 6) is 7.10. The second-order valence-corrected chi connectivity index (χ2v) is 24.1. The highest BCUT2D eigenvalue weighted by Gasteiger charge is 2.69. The highest BCUT2D eigenvalue weighted by atomic mass is 31.1.